The summed E-state index contributed by atoms with van der Waals surface area (Å²) in [7, 11) is 3.98. The van der Waals surface area contributed by atoms with Gasteiger partial charge in [0.15, 0.2) is 5.13 Å². The number of piperidine rings is 1. The predicted molar refractivity (Wildman–Crippen MR) is 83.3 cm³/mol. The fourth-order valence-corrected chi connectivity index (χ4v) is 3.36. The van der Waals surface area contributed by atoms with Gasteiger partial charge in [0.1, 0.15) is 10.7 Å². The Morgan fingerprint density at radius 1 is 1.55 bits per heavy atom. The molecule has 20 heavy (non-hydrogen) atoms. The summed E-state index contributed by atoms with van der Waals surface area (Å²) in [6.45, 7) is 4.82. The van der Waals surface area contributed by atoms with Gasteiger partial charge in [0, 0.05) is 19.6 Å². The Morgan fingerprint density at radius 2 is 2.20 bits per heavy atom. The Morgan fingerprint density at radius 3 is 2.80 bits per heavy atom. The lowest BCUT2D eigenvalue weighted by atomic mass is 10.0. The molecule has 3 N–H and O–H groups in total. The van der Waals surface area contributed by atoms with Crippen LogP contribution in [0.5, 0.6) is 0 Å². The van der Waals surface area contributed by atoms with Gasteiger partial charge in [-0.3, -0.25) is 4.79 Å². The first kappa shape index (κ1) is 15.1. The molecular weight excluding hydrogens is 274 g/mol. The molecule has 1 amide bonds. The summed E-state index contributed by atoms with van der Waals surface area (Å²) >= 11 is 1.34. The smallest absolute Gasteiger partial charge is 0.267 e. The number of nitrogens with zero attached hydrogens (tertiary/aromatic N) is 3. The molecule has 0 unspecified atom stereocenters. The third-order valence-electron chi connectivity index (χ3n) is 3.73. The molecular formula is C13H23N5OS. The number of nitrogen functional groups attached to an aromatic ring is 1. The van der Waals surface area contributed by atoms with Crippen LogP contribution < -0.4 is 11.1 Å². The SMILES string of the molecule is CCNc1nc(N)c(C(=O)N(C)C2CCN(C)CC2)s1. The minimum absolute atomic E-state index is 0.0151. The summed E-state index contributed by atoms with van der Waals surface area (Å²) in [5, 5.41) is 3.81. The van der Waals surface area contributed by atoms with E-state index in [-0.39, 0.29) is 5.91 Å². The van der Waals surface area contributed by atoms with Gasteiger partial charge in [0.2, 0.25) is 0 Å². The highest BCUT2D eigenvalue weighted by molar-refractivity contribution is 7.18. The van der Waals surface area contributed by atoms with Crippen molar-refractivity contribution in [1.29, 1.82) is 0 Å². The third-order valence-corrected chi connectivity index (χ3v) is 4.75. The molecule has 2 rings (SSSR count). The summed E-state index contributed by atoms with van der Waals surface area (Å²) < 4.78 is 0. The molecule has 1 aromatic rings. The zero-order valence-corrected chi connectivity index (χ0v) is 13.2. The van der Waals surface area contributed by atoms with Crippen molar-refractivity contribution >= 4 is 28.2 Å². The molecule has 1 saturated heterocycles. The zero-order chi connectivity index (χ0) is 14.7. The van der Waals surface area contributed by atoms with Crippen LogP contribution in [0.3, 0.4) is 0 Å². The molecule has 0 spiro atoms. The van der Waals surface area contributed by atoms with Gasteiger partial charge in [0.25, 0.3) is 5.91 Å². The van der Waals surface area contributed by atoms with Crippen LogP contribution in [0.25, 0.3) is 0 Å². The molecule has 1 aliphatic rings. The number of nitrogens with one attached hydrogen (secondary N) is 1. The number of thiazole rings is 1. The van der Waals surface area contributed by atoms with Crippen LogP contribution in [0.15, 0.2) is 0 Å². The van der Waals surface area contributed by atoms with Crippen molar-refractivity contribution < 1.29 is 4.79 Å². The van der Waals surface area contributed by atoms with E-state index in [2.05, 4.69) is 22.2 Å². The summed E-state index contributed by atoms with van der Waals surface area (Å²) in [4.78, 5) is 21.4. The van der Waals surface area contributed by atoms with Crippen molar-refractivity contribution in [2.75, 3.05) is 44.8 Å². The van der Waals surface area contributed by atoms with E-state index < -0.39 is 0 Å². The number of carbonyl (C=O) groups excluding carboxylic acids is 1. The Labute approximate surface area is 124 Å². The molecule has 0 atom stereocenters. The molecule has 2 heterocycles. The quantitative estimate of drug-likeness (QED) is 0.877. The lowest BCUT2D eigenvalue weighted by Crippen LogP contribution is -2.44. The highest BCUT2D eigenvalue weighted by atomic mass is 32.1. The first-order valence-corrected chi connectivity index (χ1v) is 7.80. The number of rotatable bonds is 4. The van der Waals surface area contributed by atoms with Crippen LogP contribution in [0, 0.1) is 0 Å². The number of amides is 1. The molecule has 0 bridgehead atoms. The monoisotopic (exact) mass is 297 g/mol. The minimum atomic E-state index is -0.0151. The van der Waals surface area contributed by atoms with E-state index in [1.54, 1.807) is 0 Å². The van der Waals surface area contributed by atoms with E-state index >= 15 is 0 Å². The second-order valence-electron chi connectivity index (χ2n) is 5.21. The number of carbonyl (C=O) groups is 1. The van der Waals surface area contributed by atoms with Gasteiger partial charge in [-0.25, -0.2) is 4.98 Å². The number of hydrogen-bond donors (Lipinski definition) is 2. The number of hydrogen-bond acceptors (Lipinski definition) is 6. The van der Waals surface area contributed by atoms with Crippen molar-refractivity contribution in [3.05, 3.63) is 4.88 Å². The third kappa shape index (κ3) is 3.21. The first-order chi connectivity index (χ1) is 9.52. The van der Waals surface area contributed by atoms with Crippen molar-refractivity contribution in [2.45, 2.75) is 25.8 Å². The maximum atomic E-state index is 12.5. The maximum absolute atomic E-state index is 12.5. The first-order valence-electron chi connectivity index (χ1n) is 6.98. The Kier molecular flexibility index (Phi) is 4.82. The fraction of sp³-hybridized carbons (Fsp3) is 0.692. The Balaban J connectivity index is 2.06. The predicted octanol–water partition coefficient (Wildman–Crippen LogP) is 1.32. The number of aromatic nitrogens is 1. The van der Waals surface area contributed by atoms with Crippen LogP contribution in [0.2, 0.25) is 0 Å². The van der Waals surface area contributed by atoms with Crippen molar-refractivity contribution in [1.82, 2.24) is 14.8 Å². The molecule has 0 radical (unpaired) electrons. The normalized spacial score (nSPS) is 17.1. The van der Waals surface area contributed by atoms with E-state index in [9.17, 15) is 4.79 Å². The summed E-state index contributed by atoms with van der Waals surface area (Å²) in [6, 6.07) is 0.294. The van der Waals surface area contributed by atoms with Crippen molar-refractivity contribution in [2.24, 2.45) is 0 Å². The topological polar surface area (TPSA) is 74.5 Å². The second kappa shape index (κ2) is 6.41. The van der Waals surface area contributed by atoms with Crippen LogP contribution in [0.4, 0.5) is 10.9 Å². The van der Waals surface area contributed by atoms with Crippen LogP contribution in [-0.2, 0) is 0 Å². The molecule has 0 aromatic carbocycles. The van der Waals surface area contributed by atoms with Gasteiger partial charge >= 0.3 is 0 Å². The van der Waals surface area contributed by atoms with Gasteiger partial charge in [-0.2, -0.15) is 0 Å². The van der Waals surface area contributed by atoms with E-state index in [1.807, 2.05) is 18.9 Å². The van der Waals surface area contributed by atoms with Gasteiger partial charge < -0.3 is 20.9 Å². The van der Waals surface area contributed by atoms with Crippen LogP contribution in [0.1, 0.15) is 29.4 Å². The zero-order valence-electron chi connectivity index (χ0n) is 12.3. The van der Waals surface area contributed by atoms with E-state index in [0.717, 1.165) is 32.5 Å². The highest BCUT2D eigenvalue weighted by Crippen LogP contribution is 2.27. The van der Waals surface area contributed by atoms with Gasteiger partial charge in [0.05, 0.1) is 0 Å². The molecule has 0 aliphatic carbocycles. The standard InChI is InChI=1S/C13H23N5OS/c1-4-15-13-16-11(14)10(20-13)12(19)18(3)9-5-7-17(2)8-6-9/h9H,4-8,14H2,1-3H3,(H,15,16). The lowest BCUT2D eigenvalue weighted by molar-refractivity contribution is 0.0665. The summed E-state index contributed by atoms with van der Waals surface area (Å²) in [5.41, 5.74) is 5.87. The average molecular weight is 297 g/mol. The van der Waals surface area contributed by atoms with E-state index in [0.29, 0.717) is 21.9 Å². The van der Waals surface area contributed by atoms with Gasteiger partial charge in [-0.1, -0.05) is 11.3 Å². The summed E-state index contributed by atoms with van der Waals surface area (Å²) in [6.07, 6.45) is 2.02. The lowest BCUT2D eigenvalue weighted by Gasteiger charge is -2.34. The Bertz CT molecular complexity index is 467. The Hall–Kier alpha value is -1.34. The van der Waals surface area contributed by atoms with E-state index in [4.69, 9.17) is 5.73 Å². The number of anilines is 2. The van der Waals surface area contributed by atoms with Gasteiger partial charge in [-0.05, 0) is 39.9 Å². The van der Waals surface area contributed by atoms with Crippen molar-refractivity contribution in [3.8, 4) is 0 Å². The number of likely N-dealkylation sites (tertiary alicyclic amines) is 1. The molecule has 1 aromatic heterocycles. The largest absolute Gasteiger partial charge is 0.382 e. The number of nitrogens with two attached hydrogens (primary N) is 1. The average Bonchev–Trinajstić information content (AvgIpc) is 2.79. The van der Waals surface area contributed by atoms with Gasteiger partial charge in [-0.15, -0.1) is 0 Å². The molecule has 0 saturated carbocycles. The molecule has 7 heteroatoms. The minimum Gasteiger partial charge on any atom is -0.382 e. The molecule has 1 aliphatic heterocycles. The van der Waals surface area contributed by atoms with Crippen molar-refractivity contribution in [3.63, 3.8) is 0 Å². The van der Waals surface area contributed by atoms with Crippen LogP contribution >= 0.6 is 11.3 Å². The fourth-order valence-electron chi connectivity index (χ4n) is 2.42. The highest BCUT2D eigenvalue weighted by Gasteiger charge is 2.27. The maximum Gasteiger partial charge on any atom is 0.267 e. The second-order valence-corrected chi connectivity index (χ2v) is 6.21. The molecule has 112 valence electrons. The molecule has 1 fully saturated rings. The van der Waals surface area contributed by atoms with Crippen LogP contribution in [-0.4, -0.2) is 60.5 Å². The molecule has 6 nitrogen and oxygen atoms in total. The van der Waals surface area contributed by atoms with E-state index in [1.165, 1.54) is 11.3 Å². The summed E-state index contributed by atoms with van der Waals surface area (Å²) in [5.74, 6) is 0.314.